The first-order valence-corrected chi connectivity index (χ1v) is 9.18. The van der Waals surface area contributed by atoms with Gasteiger partial charge in [-0.25, -0.2) is 0 Å². The van der Waals surface area contributed by atoms with Gasteiger partial charge in [0.25, 0.3) is 0 Å². The first-order valence-electron chi connectivity index (χ1n) is 8.39. The fraction of sp³-hybridized carbons (Fsp3) is 0.526. The van der Waals surface area contributed by atoms with Crippen molar-refractivity contribution < 1.29 is 9.53 Å². The predicted molar refractivity (Wildman–Crippen MR) is 102 cm³/mol. The minimum atomic E-state index is -0.108. The molecule has 0 bridgehead atoms. The average Bonchev–Trinajstić information content (AvgIpc) is 2.51. The van der Waals surface area contributed by atoms with E-state index < -0.39 is 0 Å². The zero-order valence-corrected chi connectivity index (χ0v) is 16.5. The van der Waals surface area contributed by atoms with Crippen LogP contribution in [0.5, 0.6) is 0 Å². The van der Waals surface area contributed by atoms with Gasteiger partial charge in [-0.3, -0.25) is 9.69 Å². The second-order valence-corrected chi connectivity index (χ2v) is 7.90. The molecule has 1 fully saturated rings. The number of ether oxygens (including phenoxy) is 1. The smallest absolute Gasteiger partial charge is 0.244 e. The van der Waals surface area contributed by atoms with E-state index in [0.717, 1.165) is 23.1 Å². The van der Waals surface area contributed by atoms with E-state index in [0.29, 0.717) is 6.54 Å². The molecule has 1 aliphatic rings. The molecule has 1 heterocycles. The zero-order valence-electron chi connectivity index (χ0n) is 14.9. The lowest BCUT2D eigenvalue weighted by atomic mass is 10.00. The van der Waals surface area contributed by atoms with Crippen LogP contribution in [0.1, 0.15) is 33.3 Å². The normalized spacial score (nSPS) is 22.7. The Morgan fingerprint density at radius 1 is 1.33 bits per heavy atom. The SMILES string of the molecule is CC1CN(C(C)(C)CNC(=O)/C=C/c2ccccc2Br)CC(C)O1. The maximum atomic E-state index is 12.1. The van der Waals surface area contributed by atoms with Crippen LogP contribution in [-0.2, 0) is 9.53 Å². The second kappa shape index (κ2) is 8.28. The van der Waals surface area contributed by atoms with Crippen LogP contribution in [0.2, 0.25) is 0 Å². The maximum Gasteiger partial charge on any atom is 0.244 e. The second-order valence-electron chi connectivity index (χ2n) is 7.05. The van der Waals surface area contributed by atoms with Gasteiger partial charge in [0.15, 0.2) is 0 Å². The summed E-state index contributed by atoms with van der Waals surface area (Å²) in [5.74, 6) is -0.0758. The molecule has 0 aliphatic carbocycles. The first kappa shape index (κ1) is 19.2. The number of hydrogen-bond acceptors (Lipinski definition) is 3. The van der Waals surface area contributed by atoms with Crippen molar-refractivity contribution in [3.63, 3.8) is 0 Å². The van der Waals surface area contributed by atoms with Gasteiger partial charge in [-0.2, -0.15) is 0 Å². The Hall–Kier alpha value is -1.17. The number of rotatable bonds is 5. The van der Waals surface area contributed by atoms with Crippen molar-refractivity contribution in [2.45, 2.75) is 45.4 Å². The van der Waals surface area contributed by atoms with Crippen molar-refractivity contribution in [3.05, 3.63) is 40.4 Å². The van der Waals surface area contributed by atoms with Crippen molar-refractivity contribution in [3.8, 4) is 0 Å². The highest BCUT2D eigenvalue weighted by molar-refractivity contribution is 9.10. The summed E-state index contributed by atoms with van der Waals surface area (Å²) < 4.78 is 6.77. The number of morpholine rings is 1. The molecule has 132 valence electrons. The fourth-order valence-corrected chi connectivity index (χ4v) is 3.34. The molecule has 2 atom stereocenters. The van der Waals surface area contributed by atoms with Gasteiger partial charge in [0.2, 0.25) is 5.91 Å². The van der Waals surface area contributed by atoms with Gasteiger partial charge in [-0.1, -0.05) is 34.1 Å². The largest absolute Gasteiger partial charge is 0.373 e. The van der Waals surface area contributed by atoms with Crippen LogP contribution >= 0.6 is 15.9 Å². The number of nitrogens with zero attached hydrogens (tertiary/aromatic N) is 1. The van der Waals surface area contributed by atoms with Crippen LogP contribution in [0.15, 0.2) is 34.8 Å². The van der Waals surface area contributed by atoms with Crippen LogP contribution in [-0.4, -0.2) is 48.2 Å². The number of carbonyl (C=O) groups is 1. The summed E-state index contributed by atoms with van der Waals surface area (Å²) in [5.41, 5.74) is 0.881. The first-order chi connectivity index (χ1) is 11.3. The Labute approximate surface area is 153 Å². The van der Waals surface area contributed by atoms with Gasteiger partial charge in [-0.15, -0.1) is 0 Å². The van der Waals surface area contributed by atoms with Crippen LogP contribution in [0, 0.1) is 0 Å². The fourth-order valence-electron chi connectivity index (χ4n) is 2.92. The standard InChI is InChI=1S/C19H27BrN2O2/c1-14-11-22(12-15(2)24-14)19(3,4)13-21-18(23)10-9-16-7-5-6-8-17(16)20/h5-10,14-15H,11-13H2,1-4H3,(H,21,23)/b10-9+. The molecule has 0 saturated carbocycles. The minimum Gasteiger partial charge on any atom is -0.373 e. The Morgan fingerprint density at radius 3 is 2.58 bits per heavy atom. The van der Waals surface area contributed by atoms with Crippen molar-refractivity contribution in [1.29, 1.82) is 0 Å². The summed E-state index contributed by atoms with van der Waals surface area (Å²) in [4.78, 5) is 14.5. The summed E-state index contributed by atoms with van der Waals surface area (Å²) in [7, 11) is 0. The molecule has 1 saturated heterocycles. The zero-order chi connectivity index (χ0) is 17.7. The quantitative estimate of drug-likeness (QED) is 0.777. The van der Waals surface area contributed by atoms with E-state index in [1.807, 2.05) is 30.3 Å². The highest BCUT2D eigenvalue weighted by Crippen LogP contribution is 2.21. The third kappa shape index (κ3) is 5.43. The highest BCUT2D eigenvalue weighted by Gasteiger charge is 2.33. The van der Waals surface area contributed by atoms with Gasteiger partial charge < -0.3 is 10.1 Å². The summed E-state index contributed by atoms with van der Waals surface area (Å²) in [5, 5.41) is 3.02. The molecular formula is C19H27BrN2O2. The minimum absolute atomic E-state index is 0.0758. The predicted octanol–water partition coefficient (Wildman–Crippen LogP) is 3.47. The van der Waals surface area contributed by atoms with Crippen molar-refractivity contribution in [2.24, 2.45) is 0 Å². The lowest BCUT2D eigenvalue weighted by Gasteiger charge is -2.45. The molecule has 5 heteroatoms. The van der Waals surface area contributed by atoms with E-state index in [2.05, 4.69) is 53.8 Å². The maximum absolute atomic E-state index is 12.1. The Morgan fingerprint density at radius 2 is 1.96 bits per heavy atom. The monoisotopic (exact) mass is 394 g/mol. The molecule has 1 N–H and O–H groups in total. The number of hydrogen-bond donors (Lipinski definition) is 1. The lowest BCUT2D eigenvalue weighted by Crippen LogP contribution is -2.58. The van der Waals surface area contributed by atoms with E-state index in [4.69, 9.17) is 4.74 Å². The molecule has 4 nitrogen and oxygen atoms in total. The van der Waals surface area contributed by atoms with E-state index >= 15 is 0 Å². The topological polar surface area (TPSA) is 41.6 Å². The van der Waals surface area contributed by atoms with Crippen molar-refractivity contribution in [1.82, 2.24) is 10.2 Å². The Kier molecular flexibility index (Phi) is 6.61. The van der Waals surface area contributed by atoms with Gasteiger partial charge in [-0.05, 0) is 45.4 Å². The molecule has 1 aromatic rings. The number of carbonyl (C=O) groups excluding carboxylic acids is 1. The van der Waals surface area contributed by atoms with E-state index in [-0.39, 0.29) is 23.7 Å². The average molecular weight is 395 g/mol. The van der Waals surface area contributed by atoms with Gasteiger partial charge in [0, 0.05) is 35.7 Å². The molecular weight excluding hydrogens is 368 g/mol. The summed E-state index contributed by atoms with van der Waals surface area (Å²) in [6.45, 7) is 10.9. The molecule has 0 aromatic heterocycles. The van der Waals surface area contributed by atoms with Crippen LogP contribution in [0.4, 0.5) is 0 Å². The van der Waals surface area contributed by atoms with Gasteiger partial charge >= 0.3 is 0 Å². The highest BCUT2D eigenvalue weighted by atomic mass is 79.9. The molecule has 1 amide bonds. The molecule has 24 heavy (non-hydrogen) atoms. The third-order valence-corrected chi connectivity index (χ3v) is 5.01. The molecule has 1 aromatic carbocycles. The lowest BCUT2D eigenvalue weighted by molar-refractivity contribution is -0.118. The van der Waals surface area contributed by atoms with E-state index in [1.165, 1.54) is 0 Å². The summed E-state index contributed by atoms with van der Waals surface area (Å²) >= 11 is 3.48. The van der Waals surface area contributed by atoms with E-state index in [9.17, 15) is 4.79 Å². The van der Waals surface area contributed by atoms with Crippen LogP contribution in [0.25, 0.3) is 6.08 Å². The van der Waals surface area contributed by atoms with Crippen molar-refractivity contribution >= 4 is 27.9 Å². The Bertz CT molecular complexity index is 591. The molecule has 2 unspecified atom stereocenters. The molecule has 0 spiro atoms. The number of benzene rings is 1. The third-order valence-electron chi connectivity index (χ3n) is 4.29. The van der Waals surface area contributed by atoms with Gasteiger partial charge in [0.1, 0.15) is 0 Å². The molecule has 0 radical (unpaired) electrons. The molecule has 2 rings (SSSR count). The van der Waals surface area contributed by atoms with Crippen LogP contribution < -0.4 is 5.32 Å². The number of amides is 1. The van der Waals surface area contributed by atoms with Gasteiger partial charge in [0.05, 0.1) is 12.2 Å². The number of nitrogens with one attached hydrogen (secondary N) is 1. The molecule has 1 aliphatic heterocycles. The summed E-state index contributed by atoms with van der Waals surface area (Å²) in [6.07, 6.45) is 3.85. The van der Waals surface area contributed by atoms with E-state index in [1.54, 1.807) is 6.08 Å². The summed E-state index contributed by atoms with van der Waals surface area (Å²) in [6, 6.07) is 7.83. The Balaban J connectivity index is 1.89. The number of halogens is 1. The van der Waals surface area contributed by atoms with Crippen molar-refractivity contribution in [2.75, 3.05) is 19.6 Å². The van der Waals surface area contributed by atoms with Crippen LogP contribution in [0.3, 0.4) is 0 Å².